The quantitative estimate of drug-likeness (QED) is 0.807. The number of hydrogen-bond donors (Lipinski definition) is 1. The Labute approximate surface area is 165 Å². The molecule has 3 fully saturated rings. The average Bonchev–Trinajstić information content (AvgIpc) is 3.38. The zero-order chi connectivity index (χ0) is 19.0. The van der Waals surface area contributed by atoms with Crippen molar-refractivity contribution in [1.29, 1.82) is 0 Å². The van der Waals surface area contributed by atoms with E-state index in [4.69, 9.17) is 0 Å². The van der Waals surface area contributed by atoms with E-state index in [1.54, 1.807) is 11.3 Å². The van der Waals surface area contributed by atoms with Gasteiger partial charge in [0.2, 0.25) is 11.8 Å². The lowest BCUT2D eigenvalue weighted by Crippen LogP contribution is -2.53. The van der Waals surface area contributed by atoms with Crippen molar-refractivity contribution < 1.29 is 9.59 Å². The Morgan fingerprint density at radius 1 is 1.30 bits per heavy atom. The fourth-order valence-electron chi connectivity index (χ4n) is 5.47. The number of hydrogen-bond acceptors (Lipinski definition) is 5. The number of likely N-dealkylation sites (N-methyl/N-ethyl adjacent to an activating group) is 1. The summed E-state index contributed by atoms with van der Waals surface area (Å²) in [5, 5.41) is 5.39. The van der Waals surface area contributed by atoms with Crippen molar-refractivity contribution in [1.82, 2.24) is 20.1 Å². The molecule has 0 unspecified atom stereocenters. The van der Waals surface area contributed by atoms with Crippen molar-refractivity contribution in [2.75, 3.05) is 20.6 Å². The van der Waals surface area contributed by atoms with Gasteiger partial charge in [-0.3, -0.25) is 9.59 Å². The SMILES string of the molecule is CN(C)CC(=O)N1[C@@H]2CC[C@H]1[C@@](Cc1cscn1)(C(=O)NC1CCCC1)C2. The van der Waals surface area contributed by atoms with Crippen LogP contribution in [0.2, 0.25) is 0 Å². The van der Waals surface area contributed by atoms with Gasteiger partial charge in [0.25, 0.3) is 0 Å². The topological polar surface area (TPSA) is 65.5 Å². The molecule has 1 aromatic heterocycles. The number of nitrogens with one attached hydrogen (secondary N) is 1. The smallest absolute Gasteiger partial charge is 0.237 e. The van der Waals surface area contributed by atoms with E-state index < -0.39 is 5.41 Å². The van der Waals surface area contributed by atoms with Crippen LogP contribution in [0, 0.1) is 5.41 Å². The number of rotatable bonds is 6. The first-order valence-electron chi connectivity index (χ1n) is 10.1. The summed E-state index contributed by atoms with van der Waals surface area (Å²) in [7, 11) is 3.84. The van der Waals surface area contributed by atoms with Gasteiger partial charge in [0, 0.05) is 29.9 Å². The number of aromatic nitrogens is 1. The summed E-state index contributed by atoms with van der Waals surface area (Å²) in [6.07, 6.45) is 7.90. The summed E-state index contributed by atoms with van der Waals surface area (Å²) in [4.78, 5) is 34.9. The number of amides is 2. The van der Waals surface area contributed by atoms with Gasteiger partial charge in [-0.2, -0.15) is 0 Å². The molecule has 1 aromatic rings. The Hall–Kier alpha value is -1.47. The Kier molecular flexibility index (Phi) is 5.25. The third-order valence-electron chi connectivity index (χ3n) is 6.60. The molecule has 148 valence electrons. The van der Waals surface area contributed by atoms with Gasteiger partial charge in [0.15, 0.2) is 0 Å². The van der Waals surface area contributed by atoms with Gasteiger partial charge in [-0.1, -0.05) is 12.8 Å². The van der Waals surface area contributed by atoms with Gasteiger partial charge < -0.3 is 15.1 Å². The molecule has 1 N–H and O–H groups in total. The second kappa shape index (κ2) is 7.51. The fourth-order valence-corrected chi connectivity index (χ4v) is 6.03. The van der Waals surface area contributed by atoms with Crippen LogP contribution < -0.4 is 5.32 Å². The van der Waals surface area contributed by atoms with Crippen molar-refractivity contribution in [2.24, 2.45) is 5.41 Å². The molecule has 0 spiro atoms. The number of carbonyl (C=O) groups is 2. The van der Waals surface area contributed by atoms with Crippen LogP contribution >= 0.6 is 11.3 Å². The summed E-state index contributed by atoms with van der Waals surface area (Å²) in [5.41, 5.74) is 2.29. The van der Waals surface area contributed by atoms with Gasteiger partial charge >= 0.3 is 0 Å². The number of thiazole rings is 1. The lowest BCUT2D eigenvalue weighted by Gasteiger charge is -2.36. The third kappa shape index (κ3) is 3.51. The number of fused-ring (bicyclic) bond motifs is 2. The monoisotopic (exact) mass is 390 g/mol. The molecule has 27 heavy (non-hydrogen) atoms. The minimum Gasteiger partial charge on any atom is -0.353 e. The molecular weight excluding hydrogens is 360 g/mol. The molecule has 3 aliphatic rings. The van der Waals surface area contributed by atoms with Crippen LogP contribution in [0.3, 0.4) is 0 Å². The first-order valence-corrected chi connectivity index (χ1v) is 11.1. The van der Waals surface area contributed by atoms with Crippen molar-refractivity contribution in [3.8, 4) is 0 Å². The van der Waals surface area contributed by atoms with Gasteiger partial charge in [0.1, 0.15) is 0 Å². The molecule has 2 amide bonds. The van der Waals surface area contributed by atoms with Crippen LogP contribution in [0.15, 0.2) is 10.9 Å². The van der Waals surface area contributed by atoms with Crippen LogP contribution in [0.5, 0.6) is 0 Å². The fraction of sp³-hybridized carbons (Fsp3) is 0.750. The van der Waals surface area contributed by atoms with Crippen molar-refractivity contribution in [2.45, 2.75) is 69.5 Å². The largest absolute Gasteiger partial charge is 0.353 e. The summed E-state index contributed by atoms with van der Waals surface area (Å²) in [5.74, 6) is 0.304. The zero-order valence-corrected chi connectivity index (χ0v) is 17.1. The molecule has 6 nitrogen and oxygen atoms in total. The van der Waals surface area contributed by atoms with Crippen LogP contribution in [0.1, 0.15) is 50.6 Å². The van der Waals surface area contributed by atoms with Crippen molar-refractivity contribution in [3.05, 3.63) is 16.6 Å². The first-order chi connectivity index (χ1) is 13.0. The van der Waals surface area contributed by atoms with E-state index in [2.05, 4.69) is 10.3 Å². The minimum atomic E-state index is -0.526. The molecular formula is C20H30N4O2S. The molecule has 4 rings (SSSR count). The second-order valence-electron chi connectivity index (χ2n) is 8.76. The molecule has 2 aliphatic heterocycles. The minimum absolute atomic E-state index is 0.00180. The van der Waals surface area contributed by atoms with Crippen molar-refractivity contribution in [3.63, 3.8) is 0 Å². The first kappa shape index (κ1) is 18.9. The van der Waals surface area contributed by atoms with Gasteiger partial charge in [-0.15, -0.1) is 11.3 Å². The highest BCUT2D eigenvalue weighted by Crippen LogP contribution is 2.52. The maximum atomic E-state index is 13.5. The summed E-state index contributed by atoms with van der Waals surface area (Å²) in [6.45, 7) is 0.407. The predicted octanol–water partition coefficient (Wildman–Crippen LogP) is 2.06. The lowest BCUT2D eigenvalue weighted by molar-refractivity contribution is -0.137. The maximum Gasteiger partial charge on any atom is 0.237 e. The molecule has 0 radical (unpaired) electrons. The maximum absolute atomic E-state index is 13.5. The normalized spacial score (nSPS) is 30.4. The summed E-state index contributed by atoms with van der Waals surface area (Å²) >= 11 is 1.57. The van der Waals surface area contributed by atoms with E-state index in [0.717, 1.165) is 37.8 Å². The predicted molar refractivity (Wildman–Crippen MR) is 105 cm³/mol. The molecule has 3 atom stereocenters. The average molecular weight is 391 g/mol. The Balaban J connectivity index is 1.60. The van der Waals surface area contributed by atoms with E-state index in [1.165, 1.54) is 12.8 Å². The summed E-state index contributed by atoms with van der Waals surface area (Å²) in [6, 6.07) is 0.489. The van der Waals surface area contributed by atoms with Gasteiger partial charge in [0.05, 0.1) is 23.2 Å². The van der Waals surface area contributed by atoms with Gasteiger partial charge in [-0.25, -0.2) is 4.98 Å². The number of nitrogens with zero attached hydrogens (tertiary/aromatic N) is 3. The zero-order valence-electron chi connectivity index (χ0n) is 16.3. The molecule has 2 bridgehead atoms. The number of carbonyl (C=O) groups excluding carboxylic acids is 2. The highest BCUT2D eigenvalue weighted by atomic mass is 32.1. The molecule has 1 aliphatic carbocycles. The standard InChI is InChI=1S/C20H30N4O2S/c1-23(2)11-18(25)24-16-7-8-17(24)20(10-16,9-15-12-27-13-21-15)19(26)22-14-5-3-4-6-14/h12-14,16-17H,3-11H2,1-2H3,(H,22,26)/t16-,17+,20+/m1/s1. The van der Waals surface area contributed by atoms with E-state index in [1.807, 2.05) is 34.8 Å². The van der Waals surface area contributed by atoms with Gasteiger partial charge in [-0.05, 0) is 46.2 Å². The highest BCUT2D eigenvalue weighted by Gasteiger charge is 2.61. The molecule has 7 heteroatoms. The molecule has 1 saturated carbocycles. The van der Waals surface area contributed by atoms with Crippen LogP contribution in [-0.2, 0) is 16.0 Å². The van der Waals surface area contributed by atoms with E-state index in [9.17, 15) is 9.59 Å². The Bertz CT molecular complexity index is 686. The molecule has 2 saturated heterocycles. The van der Waals surface area contributed by atoms with Crippen LogP contribution in [0.4, 0.5) is 0 Å². The summed E-state index contributed by atoms with van der Waals surface area (Å²) < 4.78 is 0. The van der Waals surface area contributed by atoms with Crippen LogP contribution in [-0.4, -0.2) is 65.4 Å². The highest BCUT2D eigenvalue weighted by molar-refractivity contribution is 7.07. The third-order valence-corrected chi connectivity index (χ3v) is 7.24. The Morgan fingerprint density at radius 3 is 2.74 bits per heavy atom. The second-order valence-corrected chi connectivity index (χ2v) is 9.48. The molecule has 0 aromatic carbocycles. The van der Waals surface area contributed by atoms with E-state index >= 15 is 0 Å². The van der Waals surface area contributed by atoms with Crippen LogP contribution in [0.25, 0.3) is 0 Å². The molecule has 3 heterocycles. The Morgan fingerprint density at radius 2 is 2.07 bits per heavy atom. The van der Waals surface area contributed by atoms with Crippen molar-refractivity contribution >= 4 is 23.2 Å². The lowest BCUT2D eigenvalue weighted by atomic mass is 9.70. The van der Waals surface area contributed by atoms with E-state index in [-0.39, 0.29) is 23.9 Å². The van der Waals surface area contributed by atoms with E-state index in [0.29, 0.717) is 19.0 Å².